The van der Waals surface area contributed by atoms with Crippen molar-refractivity contribution in [2.45, 2.75) is 13.6 Å². The molecule has 0 radical (unpaired) electrons. The van der Waals surface area contributed by atoms with Crippen molar-refractivity contribution >= 4 is 34.2 Å². The molecule has 2 aliphatic heterocycles. The lowest BCUT2D eigenvalue weighted by atomic mass is 10.1. The van der Waals surface area contributed by atoms with Crippen LogP contribution >= 0.6 is 11.3 Å². The SMILES string of the molecule is Cc1ccc(N2CN=c3s/c(=C4\C(=O)N(C)c5ccccc54)c(=O)n3C2)cc1. The summed E-state index contributed by atoms with van der Waals surface area (Å²) in [7, 11) is 1.74. The quantitative estimate of drug-likeness (QED) is 0.632. The van der Waals surface area contributed by atoms with E-state index >= 15 is 0 Å². The van der Waals surface area contributed by atoms with Crippen LogP contribution in [-0.4, -0.2) is 24.2 Å². The summed E-state index contributed by atoms with van der Waals surface area (Å²) in [4.78, 5) is 34.9. The number of carbonyl (C=O) groups excluding carboxylic acids is 1. The monoisotopic (exact) mass is 390 g/mol. The fraction of sp³-hybridized carbons (Fsp3) is 0.190. The van der Waals surface area contributed by atoms with Gasteiger partial charge in [-0.3, -0.25) is 14.2 Å². The number of para-hydroxylation sites is 1. The van der Waals surface area contributed by atoms with E-state index < -0.39 is 0 Å². The van der Waals surface area contributed by atoms with Crippen molar-refractivity contribution in [3.05, 3.63) is 79.3 Å². The van der Waals surface area contributed by atoms with Gasteiger partial charge >= 0.3 is 0 Å². The van der Waals surface area contributed by atoms with E-state index in [4.69, 9.17) is 0 Å². The van der Waals surface area contributed by atoms with E-state index in [2.05, 4.69) is 4.99 Å². The Morgan fingerprint density at radius 1 is 1.04 bits per heavy atom. The maximum absolute atomic E-state index is 13.2. The molecule has 0 atom stereocenters. The lowest BCUT2D eigenvalue weighted by Gasteiger charge is -2.25. The molecule has 3 heterocycles. The highest BCUT2D eigenvalue weighted by molar-refractivity contribution is 7.07. The molecule has 0 saturated heterocycles. The predicted octanol–water partition coefficient (Wildman–Crippen LogP) is 1.45. The molecule has 1 amide bonds. The summed E-state index contributed by atoms with van der Waals surface area (Å²) >= 11 is 1.30. The Morgan fingerprint density at radius 3 is 2.57 bits per heavy atom. The maximum atomic E-state index is 13.2. The van der Waals surface area contributed by atoms with Crippen LogP contribution < -0.4 is 24.7 Å². The van der Waals surface area contributed by atoms with Gasteiger partial charge in [-0.25, -0.2) is 4.99 Å². The van der Waals surface area contributed by atoms with Crippen LogP contribution in [0.4, 0.5) is 11.4 Å². The van der Waals surface area contributed by atoms with Gasteiger partial charge < -0.3 is 9.80 Å². The minimum absolute atomic E-state index is 0.145. The summed E-state index contributed by atoms with van der Waals surface area (Å²) in [5, 5.41) is 0. The van der Waals surface area contributed by atoms with E-state index in [0.29, 0.717) is 28.2 Å². The first kappa shape index (κ1) is 16.9. The number of amides is 1. The van der Waals surface area contributed by atoms with Crippen molar-refractivity contribution in [1.82, 2.24) is 4.57 Å². The molecule has 0 saturated carbocycles. The third-order valence-electron chi connectivity index (χ3n) is 5.23. The van der Waals surface area contributed by atoms with Gasteiger partial charge in [0.1, 0.15) is 17.9 Å². The van der Waals surface area contributed by atoms with Gasteiger partial charge in [0, 0.05) is 18.3 Å². The highest BCUT2D eigenvalue weighted by Gasteiger charge is 2.32. The van der Waals surface area contributed by atoms with Crippen LogP contribution in [0.2, 0.25) is 0 Å². The fourth-order valence-electron chi connectivity index (χ4n) is 3.67. The Morgan fingerprint density at radius 2 is 1.79 bits per heavy atom. The first-order valence-electron chi connectivity index (χ1n) is 9.02. The third-order valence-corrected chi connectivity index (χ3v) is 6.35. The van der Waals surface area contributed by atoms with Crippen LogP contribution in [0.5, 0.6) is 0 Å². The van der Waals surface area contributed by atoms with E-state index in [0.717, 1.165) is 16.9 Å². The minimum Gasteiger partial charge on any atom is -0.334 e. The van der Waals surface area contributed by atoms with Gasteiger partial charge in [0.15, 0.2) is 4.80 Å². The van der Waals surface area contributed by atoms with Crippen molar-refractivity contribution in [2.24, 2.45) is 4.99 Å². The van der Waals surface area contributed by atoms with Gasteiger partial charge in [0.25, 0.3) is 11.5 Å². The maximum Gasteiger partial charge on any atom is 0.272 e. The molecule has 3 aromatic rings. The van der Waals surface area contributed by atoms with Crippen molar-refractivity contribution in [3.63, 3.8) is 0 Å². The highest BCUT2D eigenvalue weighted by Crippen LogP contribution is 2.33. The van der Waals surface area contributed by atoms with Crippen LogP contribution in [0.15, 0.2) is 58.3 Å². The van der Waals surface area contributed by atoms with Crippen molar-refractivity contribution in [3.8, 4) is 0 Å². The molecule has 2 aliphatic rings. The molecule has 0 aliphatic carbocycles. The van der Waals surface area contributed by atoms with Crippen LogP contribution in [-0.2, 0) is 11.5 Å². The molecule has 2 aromatic carbocycles. The molecule has 0 fully saturated rings. The summed E-state index contributed by atoms with van der Waals surface area (Å²) in [5.74, 6) is -0.145. The van der Waals surface area contributed by atoms with Gasteiger partial charge in [0.2, 0.25) is 0 Å². The van der Waals surface area contributed by atoms with Crippen molar-refractivity contribution < 1.29 is 4.79 Å². The van der Waals surface area contributed by atoms with Gasteiger partial charge in [-0.1, -0.05) is 47.2 Å². The highest BCUT2D eigenvalue weighted by atomic mass is 32.1. The standard InChI is InChI=1S/C21H18N4O2S/c1-13-7-9-14(10-8-13)24-11-22-21-25(12-24)20(27)18(28-21)17-15-5-3-4-6-16(15)23(2)19(17)26/h3-10H,11-12H2,1-2H3/b18-17-. The van der Waals surface area contributed by atoms with E-state index in [1.807, 2.05) is 60.4 Å². The van der Waals surface area contributed by atoms with Gasteiger partial charge in [0.05, 0.1) is 11.3 Å². The summed E-state index contributed by atoms with van der Waals surface area (Å²) in [6, 6.07) is 15.7. The Hall–Kier alpha value is -3.19. The summed E-state index contributed by atoms with van der Waals surface area (Å²) in [6.45, 7) is 2.96. The zero-order valence-corrected chi connectivity index (χ0v) is 16.4. The van der Waals surface area contributed by atoms with Crippen LogP contribution in [0.25, 0.3) is 5.57 Å². The Balaban J connectivity index is 1.66. The Kier molecular flexibility index (Phi) is 3.73. The molecular weight excluding hydrogens is 372 g/mol. The average Bonchev–Trinajstić information content (AvgIpc) is 3.16. The first-order valence-corrected chi connectivity index (χ1v) is 9.84. The minimum atomic E-state index is -0.158. The van der Waals surface area contributed by atoms with Crippen molar-refractivity contribution in [2.75, 3.05) is 23.5 Å². The molecule has 0 spiro atoms. The normalized spacial score (nSPS) is 17.4. The van der Waals surface area contributed by atoms with E-state index in [9.17, 15) is 9.59 Å². The molecule has 140 valence electrons. The zero-order chi connectivity index (χ0) is 19.4. The number of anilines is 2. The van der Waals surface area contributed by atoms with Crippen molar-refractivity contribution in [1.29, 1.82) is 0 Å². The molecular formula is C21H18N4O2S. The number of likely N-dealkylation sites (N-methyl/N-ethyl adjacent to an activating group) is 1. The molecule has 1 aromatic heterocycles. The topological polar surface area (TPSA) is 57.9 Å². The largest absolute Gasteiger partial charge is 0.334 e. The van der Waals surface area contributed by atoms with Gasteiger partial charge in [-0.15, -0.1) is 0 Å². The molecule has 28 heavy (non-hydrogen) atoms. The van der Waals surface area contributed by atoms with Crippen LogP contribution in [0, 0.1) is 6.92 Å². The number of aromatic nitrogens is 1. The molecule has 0 unspecified atom stereocenters. The molecule has 6 nitrogen and oxygen atoms in total. The lowest BCUT2D eigenvalue weighted by Crippen LogP contribution is -2.43. The number of thiazole rings is 1. The number of fused-ring (bicyclic) bond motifs is 2. The number of hydrogen-bond donors (Lipinski definition) is 0. The van der Waals surface area contributed by atoms with Gasteiger partial charge in [-0.2, -0.15) is 0 Å². The van der Waals surface area contributed by atoms with Gasteiger partial charge in [-0.05, 0) is 25.1 Å². The first-order chi connectivity index (χ1) is 13.5. The number of aryl methyl sites for hydroxylation is 1. The molecule has 0 N–H and O–H groups in total. The number of nitrogens with zero attached hydrogens (tertiary/aromatic N) is 4. The van der Waals surface area contributed by atoms with E-state index in [1.54, 1.807) is 16.5 Å². The number of rotatable bonds is 1. The molecule has 0 bridgehead atoms. The molecule has 7 heteroatoms. The van der Waals surface area contributed by atoms with Crippen LogP contribution in [0.3, 0.4) is 0 Å². The number of benzene rings is 2. The number of hydrogen-bond acceptors (Lipinski definition) is 5. The number of carbonyl (C=O) groups is 1. The predicted molar refractivity (Wildman–Crippen MR) is 110 cm³/mol. The zero-order valence-electron chi connectivity index (χ0n) is 15.5. The summed E-state index contributed by atoms with van der Waals surface area (Å²) < 4.78 is 2.12. The Labute approximate surface area is 165 Å². The van der Waals surface area contributed by atoms with E-state index in [1.165, 1.54) is 16.9 Å². The fourth-order valence-corrected chi connectivity index (χ4v) is 4.72. The van der Waals surface area contributed by atoms with E-state index in [-0.39, 0.29) is 11.5 Å². The summed E-state index contributed by atoms with van der Waals surface area (Å²) in [5.41, 5.74) is 4.17. The summed E-state index contributed by atoms with van der Waals surface area (Å²) in [6.07, 6.45) is 0. The second kappa shape index (κ2) is 6.17. The second-order valence-electron chi connectivity index (χ2n) is 7.02. The average molecular weight is 390 g/mol. The smallest absolute Gasteiger partial charge is 0.272 e. The molecule has 5 rings (SSSR count). The lowest BCUT2D eigenvalue weighted by molar-refractivity contribution is -0.112. The third kappa shape index (κ3) is 2.43. The second-order valence-corrected chi connectivity index (χ2v) is 8.00. The van der Waals surface area contributed by atoms with Crippen LogP contribution in [0.1, 0.15) is 11.1 Å². The Bertz CT molecular complexity index is 1290.